The van der Waals surface area contributed by atoms with E-state index in [1.165, 1.54) is 0 Å². The fraction of sp³-hybridized carbons (Fsp3) is 0.300. The molecule has 0 spiro atoms. The van der Waals surface area contributed by atoms with E-state index in [0.717, 1.165) is 20.7 Å². The summed E-state index contributed by atoms with van der Waals surface area (Å²) < 4.78 is 0.824. The van der Waals surface area contributed by atoms with E-state index in [0.29, 0.717) is 17.7 Å². The first-order valence-corrected chi connectivity index (χ1v) is 6.13. The van der Waals surface area contributed by atoms with Gasteiger partial charge in [-0.1, -0.05) is 0 Å². The number of aryl methyl sites for hydroxylation is 1. The maximum absolute atomic E-state index is 11.7. The number of halogens is 1. The summed E-state index contributed by atoms with van der Waals surface area (Å²) in [5.41, 5.74) is 8.31. The van der Waals surface area contributed by atoms with Gasteiger partial charge in [-0.2, -0.15) is 0 Å². The molecule has 1 aliphatic rings. The molecule has 1 heterocycles. The molecular weight excluding hydrogens is 262 g/mol. The van der Waals surface area contributed by atoms with E-state index in [-0.39, 0.29) is 5.78 Å². The predicted octanol–water partition coefficient (Wildman–Crippen LogP) is 3.02. The Kier molecular flexibility index (Phi) is 2.58. The standard InChI is InChI=1S/C10H10BrNOS/c1-5-4-6(11)9(12)8-7(13)2-3-14-10(5)8/h4H,2-3,12H2,1H3. The van der Waals surface area contributed by atoms with E-state index < -0.39 is 0 Å². The number of benzene rings is 1. The van der Waals surface area contributed by atoms with Gasteiger partial charge in [-0.05, 0) is 34.5 Å². The number of fused-ring (bicyclic) bond motifs is 1. The van der Waals surface area contributed by atoms with Crippen LogP contribution in [0.1, 0.15) is 22.3 Å². The van der Waals surface area contributed by atoms with Crippen molar-refractivity contribution in [2.24, 2.45) is 0 Å². The van der Waals surface area contributed by atoms with Crippen molar-refractivity contribution in [1.29, 1.82) is 0 Å². The normalized spacial score (nSPS) is 15.4. The number of rotatable bonds is 0. The van der Waals surface area contributed by atoms with Crippen LogP contribution in [0.5, 0.6) is 0 Å². The number of nitrogens with two attached hydrogens (primary N) is 1. The number of ketones is 1. The molecule has 0 unspecified atom stereocenters. The largest absolute Gasteiger partial charge is 0.397 e. The predicted molar refractivity (Wildman–Crippen MR) is 63.0 cm³/mol. The molecular formula is C10H10BrNOS. The molecule has 1 aliphatic heterocycles. The fourth-order valence-electron chi connectivity index (χ4n) is 1.61. The van der Waals surface area contributed by atoms with E-state index in [2.05, 4.69) is 15.9 Å². The molecule has 0 atom stereocenters. The quantitative estimate of drug-likeness (QED) is 0.738. The van der Waals surface area contributed by atoms with Crippen LogP contribution < -0.4 is 5.73 Å². The van der Waals surface area contributed by atoms with E-state index in [1.807, 2.05) is 13.0 Å². The van der Waals surface area contributed by atoms with Gasteiger partial charge in [-0.15, -0.1) is 11.8 Å². The number of nitrogen functional groups attached to an aromatic ring is 1. The summed E-state index contributed by atoms with van der Waals surface area (Å²) in [5, 5.41) is 0. The van der Waals surface area contributed by atoms with E-state index in [9.17, 15) is 4.79 Å². The fourth-order valence-corrected chi connectivity index (χ4v) is 3.29. The second-order valence-electron chi connectivity index (χ2n) is 3.31. The Labute approximate surface area is 95.4 Å². The van der Waals surface area contributed by atoms with E-state index >= 15 is 0 Å². The molecule has 0 saturated carbocycles. The molecule has 0 fully saturated rings. The Balaban J connectivity index is 2.73. The molecule has 0 aromatic heterocycles. The molecule has 1 aromatic rings. The van der Waals surface area contributed by atoms with Gasteiger partial charge in [0.25, 0.3) is 0 Å². The highest BCUT2D eigenvalue weighted by Crippen LogP contribution is 2.39. The van der Waals surface area contributed by atoms with Crippen LogP contribution in [0.25, 0.3) is 0 Å². The molecule has 0 saturated heterocycles. The number of Topliss-reactive ketones (excluding diaryl/α,β-unsaturated/α-hetero) is 1. The zero-order valence-electron chi connectivity index (χ0n) is 7.76. The van der Waals surface area contributed by atoms with Gasteiger partial charge < -0.3 is 5.73 Å². The SMILES string of the molecule is Cc1cc(Br)c(N)c2c1SCCC2=O. The van der Waals surface area contributed by atoms with Crippen LogP contribution in [0.15, 0.2) is 15.4 Å². The molecule has 1 aromatic carbocycles. The Hall–Kier alpha value is -0.480. The molecule has 2 rings (SSSR count). The van der Waals surface area contributed by atoms with Crippen molar-refractivity contribution in [2.75, 3.05) is 11.5 Å². The van der Waals surface area contributed by atoms with Crippen LogP contribution in [-0.4, -0.2) is 11.5 Å². The molecule has 0 bridgehead atoms. The summed E-state index contributed by atoms with van der Waals surface area (Å²) in [5.74, 6) is 1.04. The lowest BCUT2D eigenvalue weighted by molar-refractivity contribution is 0.0985. The number of hydrogen-bond donors (Lipinski definition) is 1. The highest BCUT2D eigenvalue weighted by Gasteiger charge is 2.23. The molecule has 4 heteroatoms. The third kappa shape index (κ3) is 1.46. The maximum atomic E-state index is 11.7. The number of hydrogen-bond acceptors (Lipinski definition) is 3. The van der Waals surface area contributed by atoms with Gasteiger partial charge in [0, 0.05) is 21.5 Å². The lowest BCUT2D eigenvalue weighted by Crippen LogP contribution is -2.12. The van der Waals surface area contributed by atoms with Gasteiger partial charge in [-0.3, -0.25) is 4.79 Å². The van der Waals surface area contributed by atoms with Crippen molar-refractivity contribution in [1.82, 2.24) is 0 Å². The number of carbonyl (C=O) groups is 1. The summed E-state index contributed by atoms with van der Waals surface area (Å²) in [6.45, 7) is 2.01. The summed E-state index contributed by atoms with van der Waals surface area (Å²) >= 11 is 5.09. The summed E-state index contributed by atoms with van der Waals surface area (Å²) in [6, 6.07) is 1.97. The average Bonchev–Trinajstić information content (AvgIpc) is 2.14. The Morgan fingerprint density at radius 3 is 3.00 bits per heavy atom. The summed E-state index contributed by atoms with van der Waals surface area (Å²) in [7, 11) is 0. The van der Waals surface area contributed by atoms with Gasteiger partial charge in [0.05, 0.1) is 11.3 Å². The second-order valence-corrected chi connectivity index (χ2v) is 5.27. The lowest BCUT2D eigenvalue weighted by Gasteiger charge is -2.19. The topological polar surface area (TPSA) is 43.1 Å². The van der Waals surface area contributed by atoms with Gasteiger partial charge >= 0.3 is 0 Å². The molecule has 0 aliphatic carbocycles. The zero-order chi connectivity index (χ0) is 10.3. The number of anilines is 1. The van der Waals surface area contributed by atoms with Crippen molar-refractivity contribution in [3.8, 4) is 0 Å². The molecule has 14 heavy (non-hydrogen) atoms. The minimum atomic E-state index is 0.167. The molecule has 2 N–H and O–H groups in total. The minimum Gasteiger partial charge on any atom is -0.397 e. The Bertz CT molecular complexity index is 417. The minimum absolute atomic E-state index is 0.167. The number of carbonyl (C=O) groups excluding carboxylic acids is 1. The first kappa shape index (κ1) is 10.1. The van der Waals surface area contributed by atoms with Crippen LogP contribution in [0.2, 0.25) is 0 Å². The maximum Gasteiger partial charge on any atom is 0.166 e. The monoisotopic (exact) mass is 271 g/mol. The molecule has 0 radical (unpaired) electrons. The zero-order valence-corrected chi connectivity index (χ0v) is 10.2. The van der Waals surface area contributed by atoms with E-state index in [1.54, 1.807) is 11.8 Å². The third-order valence-electron chi connectivity index (χ3n) is 2.31. The van der Waals surface area contributed by atoms with Crippen LogP contribution in [0.4, 0.5) is 5.69 Å². The van der Waals surface area contributed by atoms with Gasteiger partial charge in [0.15, 0.2) is 5.78 Å². The van der Waals surface area contributed by atoms with Gasteiger partial charge in [0.2, 0.25) is 0 Å². The first-order valence-electron chi connectivity index (χ1n) is 4.36. The number of thioether (sulfide) groups is 1. The second kappa shape index (κ2) is 3.59. The van der Waals surface area contributed by atoms with Crippen molar-refractivity contribution in [3.63, 3.8) is 0 Å². The van der Waals surface area contributed by atoms with Gasteiger partial charge in [0.1, 0.15) is 0 Å². The van der Waals surface area contributed by atoms with Crippen LogP contribution in [0, 0.1) is 6.92 Å². The van der Waals surface area contributed by atoms with Crippen molar-refractivity contribution in [3.05, 3.63) is 21.7 Å². The molecule has 0 amide bonds. The Morgan fingerprint density at radius 1 is 1.57 bits per heavy atom. The molecule has 2 nitrogen and oxygen atoms in total. The van der Waals surface area contributed by atoms with Crippen LogP contribution >= 0.6 is 27.7 Å². The lowest BCUT2D eigenvalue weighted by atomic mass is 10.0. The van der Waals surface area contributed by atoms with Crippen LogP contribution in [-0.2, 0) is 0 Å². The highest BCUT2D eigenvalue weighted by molar-refractivity contribution is 9.10. The average molecular weight is 272 g/mol. The Morgan fingerprint density at radius 2 is 2.29 bits per heavy atom. The van der Waals surface area contributed by atoms with Crippen molar-refractivity contribution < 1.29 is 4.79 Å². The van der Waals surface area contributed by atoms with Crippen LogP contribution in [0.3, 0.4) is 0 Å². The van der Waals surface area contributed by atoms with Crippen molar-refractivity contribution >= 4 is 39.2 Å². The third-order valence-corrected chi connectivity index (χ3v) is 4.19. The smallest absolute Gasteiger partial charge is 0.166 e. The summed E-state index contributed by atoms with van der Waals surface area (Å²) in [6.07, 6.45) is 0.595. The van der Waals surface area contributed by atoms with Gasteiger partial charge in [-0.25, -0.2) is 0 Å². The summed E-state index contributed by atoms with van der Waals surface area (Å²) in [4.78, 5) is 12.8. The molecule has 74 valence electrons. The van der Waals surface area contributed by atoms with E-state index in [4.69, 9.17) is 5.73 Å². The first-order chi connectivity index (χ1) is 6.61. The van der Waals surface area contributed by atoms with Crippen molar-refractivity contribution in [2.45, 2.75) is 18.2 Å². The highest BCUT2D eigenvalue weighted by atomic mass is 79.9.